The number of nitrogens with one attached hydrogen (secondary N) is 2. The summed E-state index contributed by atoms with van der Waals surface area (Å²) in [6, 6.07) is 0. The van der Waals surface area contributed by atoms with Gasteiger partial charge in [-0.1, -0.05) is 5.92 Å². The summed E-state index contributed by atoms with van der Waals surface area (Å²) in [5.41, 5.74) is -2.45. The van der Waals surface area contributed by atoms with Crippen LogP contribution in [0.2, 0.25) is 0 Å². The van der Waals surface area contributed by atoms with E-state index in [1.807, 2.05) is 5.92 Å². The minimum Gasteiger partial charge on any atom is -0.479 e. The molecule has 4 atom stereocenters. The van der Waals surface area contributed by atoms with Crippen molar-refractivity contribution in [1.29, 1.82) is 0 Å². The number of aliphatic hydroxyl groups is 1. The van der Waals surface area contributed by atoms with Gasteiger partial charge in [0.15, 0.2) is 17.4 Å². The number of carbonyl (C=O) groups excluding carboxylic acids is 2. The van der Waals surface area contributed by atoms with Crippen molar-refractivity contribution >= 4 is 30.8 Å². The maximum Gasteiger partial charge on any atom is 0.341 e. The van der Waals surface area contributed by atoms with Gasteiger partial charge in [-0.2, -0.15) is 4.98 Å². The number of aryl methyl sites for hydroxylation is 1. The molecule has 214 valence electrons. The summed E-state index contributed by atoms with van der Waals surface area (Å²) in [4.78, 5) is 36.1. The standard InChI is InChI=1S/C22H30FN6O9P/c1-6-22(23)18(32)14(38-21(22)29-12-24-17-19(29)27-13(4)28-20(17)34-5)11-37-39(33,25-9-15(30)35-7-2)26-10-16(31)36-8-3/h1,12,14,18,21,32H,7-11H2,2-5H3,(H2,25,26,33)/t14-,18?,21-,22+/m1/s1. The van der Waals surface area contributed by atoms with E-state index >= 15 is 4.39 Å². The molecular weight excluding hydrogens is 542 g/mol. The van der Waals surface area contributed by atoms with Gasteiger partial charge in [0.05, 0.1) is 33.3 Å². The summed E-state index contributed by atoms with van der Waals surface area (Å²) in [7, 11) is -2.78. The van der Waals surface area contributed by atoms with Crippen molar-refractivity contribution in [2.75, 3.05) is 40.0 Å². The van der Waals surface area contributed by atoms with E-state index in [2.05, 4.69) is 25.1 Å². The number of hydrogen-bond donors (Lipinski definition) is 3. The molecule has 17 heteroatoms. The molecule has 0 radical (unpaired) electrons. The van der Waals surface area contributed by atoms with Crippen LogP contribution in [0.25, 0.3) is 11.2 Å². The minimum absolute atomic E-state index is 0.0787. The fourth-order valence-corrected chi connectivity index (χ4v) is 5.03. The average molecular weight is 572 g/mol. The van der Waals surface area contributed by atoms with Crippen molar-refractivity contribution in [2.24, 2.45) is 0 Å². The number of methoxy groups -OCH3 is 1. The van der Waals surface area contributed by atoms with Crippen LogP contribution in [0.1, 0.15) is 25.9 Å². The van der Waals surface area contributed by atoms with Crippen molar-refractivity contribution in [3.05, 3.63) is 12.2 Å². The van der Waals surface area contributed by atoms with Gasteiger partial charge in [0.2, 0.25) is 11.5 Å². The Hall–Kier alpha value is -3.19. The van der Waals surface area contributed by atoms with Gasteiger partial charge in [-0.3, -0.25) is 18.7 Å². The molecule has 39 heavy (non-hydrogen) atoms. The lowest BCUT2D eigenvalue weighted by Crippen LogP contribution is -2.42. The smallest absolute Gasteiger partial charge is 0.341 e. The van der Waals surface area contributed by atoms with E-state index in [9.17, 15) is 19.3 Å². The Morgan fingerprint density at radius 3 is 2.41 bits per heavy atom. The zero-order valence-corrected chi connectivity index (χ0v) is 22.6. The van der Waals surface area contributed by atoms with E-state index in [-0.39, 0.29) is 30.3 Å². The third kappa shape index (κ3) is 6.70. The number of esters is 2. The number of terminal acetylenes is 1. The first-order valence-corrected chi connectivity index (χ1v) is 13.5. The molecule has 1 aliphatic rings. The second-order valence-corrected chi connectivity index (χ2v) is 10.1. The first-order valence-electron chi connectivity index (χ1n) is 11.8. The maximum absolute atomic E-state index is 16.0. The number of imidazole rings is 1. The summed E-state index contributed by atoms with van der Waals surface area (Å²) in [5, 5.41) is 15.5. The van der Waals surface area contributed by atoms with Gasteiger partial charge in [0.1, 0.15) is 31.1 Å². The van der Waals surface area contributed by atoms with Gasteiger partial charge in [-0.15, -0.1) is 6.42 Å². The van der Waals surface area contributed by atoms with Crippen LogP contribution < -0.4 is 14.9 Å². The Balaban J connectivity index is 1.83. The van der Waals surface area contributed by atoms with Crippen molar-refractivity contribution in [1.82, 2.24) is 29.7 Å². The van der Waals surface area contributed by atoms with Crippen molar-refractivity contribution in [2.45, 2.75) is 44.9 Å². The van der Waals surface area contributed by atoms with E-state index in [0.29, 0.717) is 5.82 Å². The highest BCUT2D eigenvalue weighted by molar-refractivity contribution is 7.54. The lowest BCUT2D eigenvalue weighted by molar-refractivity contribution is -0.142. The van der Waals surface area contributed by atoms with Crippen LogP contribution >= 0.6 is 7.67 Å². The molecule has 1 unspecified atom stereocenters. The fourth-order valence-electron chi connectivity index (χ4n) is 3.71. The zero-order valence-electron chi connectivity index (χ0n) is 21.7. The molecule has 0 bridgehead atoms. The molecule has 0 spiro atoms. The Labute approximate surface area is 223 Å². The molecule has 15 nitrogen and oxygen atoms in total. The number of hydrogen-bond acceptors (Lipinski definition) is 12. The van der Waals surface area contributed by atoms with Gasteiger partial charge >= 0.3 is 19.6 Å². The molecule has 2 aromatic heterocycles. The molecule has 3 heterocycles. The number of aromatic nitrogens is 4. The summed E-state index contributed by atoms with van der Waals surface area (Å²) in [6.07, 6.45) is 1.67. The number of fused-ring (bicyclic) bond motifs is 1. The Morgan fingerprint density at radius 2 is 1.87 bits per heavy atom. The van der Waals surface area contributed by atoms with Crippen molar-refractivity contribution < 1.29 is 47.1 Å². The van der Waals surface area contributed by atoms with Gasteiger partial charge < -0.3 is 28.6 Å². The van der Waals surface area contributed by atoms with Crippen LogP contribution in [0, 0.1) is 19.3 Å². The summed E-state index contributed by atoms with van der Waals surface area (Å²) in [5.74, 6) is 0.877. The molecular formula is C22H30FN6O9P. The predicted octanol–water partition coefficient (Wildman–Crippen LogP) is 0.173. The lowest BCUT2D eigenvalue weighted by atomic mass is 9.97. The van der Waals surface area contributed by atoms with Crippen LogP contribution in [0.4, 0.5) is 4.39 Å². The van der Waals surface area contributed by atoms with E-state index in [0.717, 1.165) is 0 Å². The van der Waals surface area contributed by atoms with Gasteiger partial charge in [0.25, 0.3) is 0 Å². The molecule has 3 N–H and O–H groups in total. The quantitative estimate of drug-likeness (QED) is 0.168. The SMILES string of the molecule is C#C[C@]1(F)C(O)[C@@H](COP(=O)(NCC(=O)OCC)NCC(=O)OCC)O[C@H]1n1cnc2c(OC)nc(C)nc21. The van der Waals surface area contributed by atoms with Gasteiger partial charge in [-0.05, 0) is 20.8 Å². The van der Waals surface area contributed by atoms with Crippen LogP contribution in [-0.4, -0.2) is 94.5 Å². The second-order valence-electron chi connectivity index (χ2n) is 8.12. The first kappa shape index (κ1) is 30.4. The number of ether oxygens (including phenoxy) is 4. The second kappa shape index (κ2) is 12.8. The zero-order chi connectivity index (χ0) is 28.8. The number of alkyl halides is 1. The highest BCUT2D eigenvalue weighted by Crippen LogP contribution is 2.45. The Morgan fingerprint density at radius 1 is 1.26 bits per heavy atom. The number of carbonyl (C=O) groups is 2. The molecule has 0 aliphatic carbocycles. The third-order valence-corrected chi connectivity index (χ3v) is 7.17. The highest BCUT2D eigenvalue weighted by atomic mass is 31.2. The van der Waals surface area contributed by atoms with Crippen LogP contribution in [-0.2, 0) is 32.9 Å². The summed E-state index contributed by atoms with van der Waals surface area (Å²) >= 11 is 0. The lowest BCUT2D eigenvalue weighted by Gasteiger charge is -2.24. The van der Waals surface area contributed by atoms with E-state index < -0.39 is 63.4 Å². The number of rotatable bonds is 13. The van der Waals surface area contributed by atoms with Crippen LogP contribution in [0.15, 0.2) is 6.33 Å². The molecule has 3 rings (SSSR count). The Kier molecular flexibility index (Phi) is 9.94. The molecule has 1 saturated heterocycles. The number of halogens is 1. The van der Waals surface area contributed by atoms with Crippen LogP contribution in [0.5, 0.6) is 5.88 Å². The van der Waals surface area contributed by atoms with Crippen molar-refractivity contribution in [3.63, 3.8) is 0 Å². The number of aliphatic hydroxyl groups excluding tert-OH is 1. The monoisotopic (exact) mass is 572 g/mol. The number of nitrogens with zero attached hydrogens (tertiary/aromatic N) is 4. The normalized spacial score (nSPS) is 22.9. The van der Waals surface area contributed by atoms with E-state index in [4.69, 9.17) is 29.9 Å². The van der Waals surface area contributed by atoms with Crippen molar-refractivity contribution in [3.8, 4) is 18.2 Å². The predicted molar refractivity (Wildman–Crippen MR) is 132 cm³/mol. The summed E-state index contributed by atoms with van der Waals surface area (Å²) in [6.45, 7) is 3.17. The first-order chi connectivity index (χ1) is 18.5. The Bertz CT molecular complexity index is 1260. The van der Waals surface area contributed by atoms with E-state index in [1.54, 1.807) is 20.8 Å². The van der Waals surface area contributed by atoms with Gasteiger partial charge in [-0.25, -0.2) is 24.5 Å². The molecule has 1 aliphatic heterocycles. The molecule has 2 aromatic rings. The topological polar surface area (TPSA) is 185 Å². The third-order valence-electron chi connectivity index (χ3n) is 5.51. The molecule has 0 aromatic carbocycles. The average Bonchev–Trinajstić information content (AvgIpc) is 3.43. The van der Waals surface area contributed by atoms with Crippen LogP contribution in [0.3, 0.4) is 0 Å². The van der Waals surface area contributed by atoms with E-state index in [1.165, 1.54) is 18.0 Å². The minimum atomic E-state index is -4.16. The highest BCUT2D eigenvalue weighted by Gasteiger charge is 2.58. The molecule has 1 fully saturated rings. The fraction of sp³-hybridized carbons (Fsp3) is 0.591. The van der Waals surface area contributed by atoms with Gasteiger partial charge in [0, 0.05) is 0 Å². The maximum atomic E-state index is 16.0. The molecule has 0 amide bonds. The summed E-state index contributed by atoms with van der Waals surface area (Å²) < 4.78 is 56.5. The largest absolute Gasteiger partial charge is 0.479 e. The molecule has 0 saturated carbocycles.